The van der Waals surface area contributed by atoms with Crippen LogP contribution in [0.25, 0.3) is 0 Å². The van der Waals surface area contributed by atoms with Crippen LogP contribution in [0, 0.1) is 5.82 Å². The van der Waals surface area contributed by atoms with E-state index in [4.69, 9.17) is 35.4 Å². The molecule has 1 N–H and O–H groups in total. The maximum absolute atomic E-state index is 12.9. The monoisotopic (exact) mass is 397 g/mol. The normalized spacial score (nSPS) is 14.5. The summed E-state index contributed by atoms with van der Waals surface area (Å²) in [5.41, 5.74) is 2.07. The summed E-state index contributed by atoms with van der Waals surface area (Å²) < 4.78 is 12.9. The Labute approximate surface area is 162 Å². The van der Waals surface area contributed by atoms with Crippen molar-refractivity contribution in [2.24, 2.45) is 0 Å². The Morgan fingerprint density at radius 1 is 1.00 bits per heavy atom. The molecule has 0 spiro atoms. The summed E-state index contributed by atoms with van der Waals surface area (Å²) >= 11 is 17.5. The molecule has 25 heavy (non-hydrogen) atoms. The summed E-state index contributed by atoms with van der Waals surface area (Å²) in [6, 6.07) is 12.1. The van der Waals surface area contributed by atoms with Crippen LogP contribution < -0.4 is 10.2 Å². The van der Waals surface area contributed by atoms with Crippen LogP contribution in [0.15, 0.2) is 42.5 Å². The number of benzene rings is 2. The Morgan fingerprint density at radius 3 is 2.32 bits per heavy atom. The van der Waals surface area contributed by atoms with E-state index in [9.17, 15) is 4.39 Å². The molecule has 0 atom stereocenters. The fourth-order valence-corrected chi connectivity index (χ4v) is 3.29. The molecule has 0 bridgehead atoms. The minimum Gasteiger partial charge on any atom is -0.368 e. The third kappa shape index (κ3) is 4.75. The van der Waals surface area contributed by atoms with Gasteiger partial charge in [-0.25, -0.2) is 4.39 Å². The number of piperazine rings is 1. The van der Waals surface area contributed by atoms with Crippen LogP contribution in [-0.2, 0) is 6.54 Å². The number of nitrogens with one attached hydrogen (secondary N) is 1. The van der Waals surface area contributed by atoms with Gasteiger partial charge in [0.2, 0.25) is 0 Å². The first kappa shape index (κ1) is 18.2. The van der Waals surface area contributed by atoms with Gasteiger partial charge in [0.15, 0.2) is 5.11 Å². The zero-order valence-electron chi connectivity index (χ0n) is 13.5. The molecule has 0 amide bonds. The summed E-state index contributed by atoms with van der Waals surface area (Å²) in [7, 11) is 0. The van der Waals surface area contributed by atoms with Crippen LogP contribution in [-0.4, -0.2) is 36.2 Å². The highest BCUT2D eigenvalue weighted by Crippen LogP contribution is 2.27. The molecule has 0 aliphatic carbocycles. The fraction of sp³-hybridized carbons (Fsp3) is 0.278. The average molecular weight is 398 g/mol. The molecule has 0 aromatic heterocycles. The van der Waals surface area contributed by atoms with Crippen LogP contribution in [0.3, 0.4) is 0 Å². The van der Waals surface area contributed by atoms with E-state index < -0.39 is 0 Å². The van der Waals surface area contributed by atoms with Gasteiger partial charge in [-0.1, -0.05) is 35.3 Å². The lowest BCUT2D eigenvalue weighted by Gasteiger charge is -2.37. The first-order valence-corrected chi connectivity index (χ1v) is 9.16. The van der Waals surface area contributed by atoms with Gasteiger partial charge in [0.1, 0.15) is 5.82 Å². The van der Waals surface area contributed by atoms with Crippen LogP contribution in [0.5, 0.6) is 0 Å². The molecule has 132 valence electrons. The molecular weight excluding hydrogens is 380 g/mol. The lowest BCUT2D eigenvalue weighted by molar-refractivity contribution is 0.380. The van der Waals surface area contributed by atoms with Crippen molar-refractivity contribution in [3.63, 3.8) is 0 Å². The van der Waals surface area contributed by atoms with Gasteiger partial charge in [0, 0.05) is 38.4 Å². The third-order valence-corrected chi connectivity index (χ3v) is 5.33. The Kier molecular flexibility index (Phi) is 5.99. The van der Waals surface area contributed by atoms with E-state index in [0.717, 1.165) is 42.5 Å². The number of hydrogen-bond acceptors (Lipinski definition) is 2. The van der Waals surface area contributed by atoms with E-state index in [2.05, 4.69) is 15.1 Å². The molecule has 1 saturated heterocycles. The zero-order chi connectivity index (χ0) is 17.8. The predicted molar refractivity (Wildman–Crippen MR) is 106 cm³/mol. The van der Waals surface area contributed by atoms with Gasteiger partial charge in [-0.3, -0.25) is 0 Å². The minimum absolute atomic E-state index is 0.232. The summed E-state index contributed by atoms with van der Waals surface area (Å²) in [5.74, 6) is -0.232. The number of halogens is 3. The second-order valence-electron chi connectivity index (χ2n) is 5.86. The van der Waals surface area contributed by atoms with Gasteiger partial charge in [-0.2, -0.15) is 0 Å². The molecule has 3 rings (SSSR count). The second kappa shape index (κ2) is 8.21. The molecule has 0 saturated carbocycles. The smallest absolute Gasteiger partial charge is 0.169 e. The molecule has 0 radical (unpaired) electrons. The number of rotatable bonds is 3. The van der Waals surface area contributed by atoms with Crippen molar-refractivity contribution in [1.29, 1.82) is 0 Å². The first-order chi connectivity index (χ1) is 12.0. The van der Waals surface area contributed by atoms with Crippen LogP contribution in [0.1, 0.15) is 5.56 Å². The highest BCUT2D eigenvalue weighted by Gasteiger charge is 2.19. The lowest BCUT2D eigenvalue weighted by atomic mass is 10.2. The zero-order valence-corrected chi connectivity index (χ0v) is 15.8. The van der Waals surface area contributed by atoms with Crippen LogP contribution in [0.2, 0.25) is 10.0 Å². The van der Waals surface area contributed by atoms with Gasteiger partial charge < -0.3 is 15.1 Å². The standard InChI is InChI=1S/C18H18Cl2FN3S/c19-16-6-5-15(11-17(16)20)23-7-9-24(10-8-23)18(25)22-12-13-1-3-14(21)4-2-13/h1-6,11H,7-10,12H2,(H,22,25). The molecule has 1 fully saturated rings. The number of hydrogen-bond donors (Lipinski definition) is 1. The van der Waals surface area contributed by atoms with E-state index in [1.165, 1.54) is 12.1 Å². The SMILES string of the molecule is Fc1ccc(CNC(=S)N2CCN(c3ccc(Cl)c(Cl)c3)CC2)cc1. The van der Waals surface area contributed by atoms with Gasteiger partial charge in [0.05, 0.1) is 10.0 Å². The van der Waals surface area contributed by atoms with Crippen molar-refractivity contribution in [1.82, 2.24) is 10.2 Å². The largest absolute Gasteiger partial charge is 0.368 e. The van der Waals surface area contributed by atoms with Gasteiger partial charge in [-0.15, -0.1) is 0 Å². The van der Waals surface area contributed by atoms with Crippen LogP contribution in [0.4, 0.5) is 10.1 Å². The summed E-state index contributed by atoms with van der Waals surface area (Å²) in [6.45, 7) is 3.96. The Bertz CT molecular complexity index is 746. The lowest BCUT2D eigenvalue weighted by Crippen LogP contribution is -2.51. The maximum Gasteiger partial charge on any atom is 0.169 e. The van der Waals surface area contributed by atoms with E-state index in [1.807, 2.05) is 18.2 Å². The minimum atomic E-state index is -0.232. The molecule has 2 aromatic carbocycles. The predicted octanol–water partition coefficient (Wildman–Crippen LogP) is 4.33. The first-order valence-electron chi connectivity index (χ1n) is 8.00. The van der Waals surface area contributed by atoms with E-state index in [1.54, 1.807) is 12.1 Å². The van der Waals surface area contributed by atoms with E-state index >= 15 is 0 Å². The van der Waals surface area contributed by atoms with Crippen molar-refractivity contribution in [3.8, 4) is 0 Å². The third-order valence-electron chi connectivity index (χ3n) is 4.19. The van der Waals surface area contributed by atoms with Crippen molar-refractivity contribution < 1.29 is 4.39 Å². The van der Waals surface area contributed by atoms with Gasteiger partial charge in [0.25, 0.3) is 0 Å². The highest BCUT2D eigenvalue weighted by molar-refractivity contribution is 7.80. The quantitative estimate of drug-likeness (QED) is 0.776. The fourth-order valence-electron chi connectivity index (χ4n) is 2.74. The number of nitrogens with zero attached hydrogens (tertiary/aromatic N) is 2. The molecular formula is C18H18Cl2FN3S. The van der Waals surface area contributed by atoms with E-state index in [0.29, 0.717) is 16.6 Å². The highest BCUT2D eigenvalue weighted by atomic mass is 35.5. The Balaban J connectivity index is 1.50. The van der Waals surface area contributed by atoms with Gasteiger partial charge in [-0.05, 0) is 48.1 Å². The molecule has 1 heterocycles. The molecule has 7 heteroatoms. The van der Waals surface area contributed by atoms with Crippen LogP contribution >= 0.6 is 35.4 Å². The molecule has 2 aromatic rings. The molecule has 1 aliphatic heterocycles. The molecule has 0 unspecified atom stereocenters. The molecule has 3 nitrogen and oxygen atoms in total. The average Bonchev–Trinajstić information content (AvgIpc) is 2.63. The maximum atomic E-state index is 12.9. The summed E-state index contributed by atoms with van der Waals surface area (Å²) in [6.07, 6.45) is 0. The number of anilines is 1. The van der Waals surface area contributed by atoms with E-state index in [-0.39, 0.29) is 5.82 Å². The Morgan fingerprint density at radius 2 is 1.68 bits per heavy atom. The van der Waals surface area contributed by atoms with Crippen molar-refractivity contribution in [2.45, 2.75) is 6.54 Å². The van der Waals surface area contributed by atoms with Crippen molar-refractivity contribution >= 4 is 46.2 Å². The number of thiocarbonyl (C=S) groups is 1. The molecule has 1 aliphatic rings. The van der Waals surface area contributed by atoms with Crippen molar-refractivity contribution in [2.75, 3.05) is 31.1 Å². The topological polar surface area (TPSA) is 18.5 Å². The summed E-state index contributed by atoms with van der Waals surface area (Å²) in [4.78, 5) is 4.41. The Hall–Kier alpha value is -1.56. The van der Waals surface area contributed by atoms with Crippen molar-refractivity contribution in [3.05, 3.63) is 63.9 Å². The summed E-state index contributed by atoms with van der Waals surface area (Å²) in [5, 5.41) is 5.09. The van der Waals surface area contributed by atoms with Gasteiger partial charge >= 0.3 is 0 Å². The second-order valence-corrected chi connectivity index (χ2v) is 7.06.